The molecule has 4 heterocycles. The number of hydrogen-bond donors (Lipinski definition) is 3. The molecular weight excluding hydrogens is 501 g/mol. The van der Waals surface area contributed by atoms with Crippen molar-refractivity contribution in [2.24, 2.45) is 7.05 Å². The lowest BCUT2D eigenvalue weighted by molar-refractivity contribution is -0.117. The summed E-state index contributed by atoms with van der Waals surface area (Å²) in [7, 11) is 1.81. The van der Waals surface area contributed by atoms with Gasteiger partial charge in [-0.05, 0) is 43.2 Å². The van der Waals surface area contributed by atoms with Gasteiger partial charge in [-0.2, -0.15) is 5.10 Å². The highest BCUT2D eigenvalue weighted by atomic mass is 19.1. The second kappa shape index (κ2) is 10.1. The number of carbonyl (C=O) groups excluding carboxylic acids is 2. The summed E-state index contributed by atoms with van der Waals surface area (Å²) >= 11 is 0. The van der Waals surface area contributed by atoms with E-state index in [9.17, 15) is 14.0 Å². The molecule has 0 saturated carbocycles. The third-order valence-electron chi connectivity index (χ3n) is 6.77. The monoisotopic (exact) mass is 527 g/mol. The van der Waals surface area contributed by atoms with Crippen molar-refractivity contribution in [3.8, 4) is 22.8 Å². The normalized spacial score (nSPS) is 16.1. The molecule has 0 radical (unpaired) electrons. The van der Waals surface area contributed by atoms with Gasteiger partial charge in [-0.25, -0.2) is 9.18 Å². The van der Waals surface area contributed by atoms with Gasteiger partial charge in [-0.1, -0.05) is 6.07 Å². The molecule has 39 heavy (non-hydrogen) atoms. The highest BCUT2D eigenvalue weighted by molar-refractivity contribution is 6.05. The van der Waals surface area contributed by atoms with Crippen molar-refractivity contribution in [1.29, 1.82) is 0 Å². The Labute approximate surface area is 223 Å². The van der Waals surface area contributed by atoms with Crippen molar-refractivity contribution >= 4 is 29.0 Å². The Kier molecular flexibility index (Phi) is 6.31. The van der Waals surface area contributed by atoms with E-state index in [0.717, 1.165) is 37.2 Å². The number of carbonyl (C=O) groups is 2. The van der Waals surface area contributed by atoms with Crippen LogP contribution in [0.1, 0.15) is 24.4 Å². The molecular formula is C28H26FN7O3. The number of aromatic nitrogens is 3. The van der Waals surface area contributed by atoms with Crippen molar-refractivity contribution in [1.82, 2.24) is 20.1 Å². The van der Waals surface area contributed by atoms with Gasteiger partial charge < -0.3 is 25.6 Å². The summed E-state index contributed by atoms with van der Waals surface area (Å²) in [4.78, 5) is 31.9. The number of ether oxygens (including phenoxy) is 1. The average molecular weight is 528 g/mol. The molecule has 1 unspecified atom stereocenters. The third-order valence-corrected chi connectivity index (χ3v) is 6.77. The molecule has 0 aliphatic carbocycles. The van der Waals surface area contributed by atoms with Crippen LogP contribution in [0.5, 0.6) is 11.5 Å². The summed E-state index contributed by atoms with van der Waals surface area (Å²) in [5.74, 6) is -0.304. The number of nitrogens with one attached hydrogen (secondary N) is 3. The first-order chi connectivity index (χ1) is 18.9. The van der Waals surface area contributed by atoms with E-state index in [4.69, 9.17) is 4.74 Å². The lowest BCUT2D eigenvalue weighted by Crippen LogP contribution is -2.36. The van der Waals surface area contributed by atoms with Crippen LogP contribution < -0.4 is 25.6 Å². The molecule has 4 aromatic rings. The van der Waals surface area contributed by atoms with Gasteiger partial charge in [0.25, 0.3) is 5.91 Å². The minimum atomic E-state index is -0.876. The summed E-state index contributed by atoms with van der Waals surface area (Å²) in [5, 5.41) is 12.1. The quantitative estimate of drug-likeness (QED) is 0.331. The zero-order valence-corrected chi connectivity index (χ0v) is 21.1. The van der Waals surface area contributed by atoms with Crippen molar-refractivity contribution in [2.45, 2.75) is 18.9 Å². The second-order valence-electron chi connectivity index (χ2n) is 9.51. The first-order valence-corrected chi connectivity index (χ1v) is 12.6. The van der Waals surface area contributed by atoms with Crippen LogP contribution in [0, 0.1) is 5.82 Å². The molecule has 1 atom stereocenters. The van der Waals surface area contributed by atoms with E-state index >= 15 is 0 Å². The van der Waals surface area contributed by atoms with Gasteiger partial charge in [-0.15, -0.1) is 0 Å². The van der Waals surface area contributed by atoms with E-state index in [1.807, 2.05) is 31.4 Å². The Hall–Kier alpha value is -4.93. The van der Waals surface area contributed by atoms with Crippen molar-refractivity contribution in [2.75, 3.05) is 28.6 Å². The van der Waals surface area contributed by atoms with Crippen LogP contribution in [-0.4, -0.2) is 39.8 Å². The highest BCUT2D eigenvalue weighted by Crippen LogP contribution is 2.35. The zero-order valence-electron chi connectivity index (χ0n) is 21.1. The van der Waals surface area contributed by atoms with Gasteiger partial charge in [0.2, 0.25) is 0 Å². The van der Waals surface area contributed by atoms with Crippen LogP contribution >= 0.6 is 0 Å². The van der Waals surface area contributed by atoms with Crippen molar-refractivity contribution in [3.63, 3.8) is 0 Å². The topological polar surface area (TPSA) is 113 Å². The van der Waals surface area contributed by atoms with Gasteiger partial charge in [0, 0.05) is 67.2 Å². The lowest BCUT2D eigenvalue weighted by Gasteiger charge is -2.19. The number of benzene rings is 2. The SMILES string of the molecule is Cn1cc(-c2cc(Oc3ccc(NC(=O)NC4C(=O)Nc5cc(N6CCCC6)ccc54)c(F)c3)ccn2)cn1. The van der Waals surface area contributed by atoms with Crippen LogP contribution in [-0.2, 0) is 11.8 Å². The number of hydrogen-bond acceptors (Lipinski definition) is 6. The molecule has 6 rings (SSSR count). The number of fused-ring (bicyclic) bond motifs is 1. The molecule has 2 aromatic heterocycles. The Morgan fingerprint density at radius 3 is 2.69 bits per heavy atom. The molecule has 10 nitrogen and oxygen atoms in total. The first-order valence-electron chi connectivity index (χ1n) is 12.6. The maximum absolute atomic E-state index is 14.9. The van der Waals surface area contributed by atoms with E-state index in [0.29, 0.717) is 22.7 Å². The fourth-order valence-corrected chi connectivity index (χ4v) is 4.84. The number of nitrogens with zero attached hydrogens (tertiary/aromatic N) is 4. The molecule has 3 N–H and O–H groups in total. The maximum Gasteiger partial charge on any atom is 0.320 e. The maximum atomic E-state index is 14.9. The molecule has 3 amide bonds. The lowest BCUT2D eigenvalue weighted by atomic mass is 10.1. The summed E-state index contributed by atoms with van der Waals surface area (Å²) in [5.41, 5.74) is 3.83. The number of rotatable bonds is 6. The molecule has 2 aromatic carbocycles. The van der Waals surface area contributed by atoms with E-state index in [1.54, 1.807) is 35.3 Å². The zero-order chi connectivity index (χ0) is 26.9. The van der Waals surface area contributed by atoms with Gasteiger partial charge in [0.1, 0.15) is 23.4 Å². The fourth-order valence-electron chi connectivity index (χ4n) is 4.84. The molecule has 0 bridgehead atoms. The summed E-state index contributed by atoms with van der Waals surface area (Å²) in [6, 6.07) is 11.7. The molecule has 2 aliphatic rings. The summed E-state index contributed by atoms with van der Waals surface area (Å²) in [6.07, 6.45) is 7.41. The van der Waals surface area contributed by atoms with Crippen molar-refractivity contribution in [3.05, 3.63) is 78.5 Å². The number of aryl methyl sites for hydroxylation is 1. The van der Waals surface area contributed by atoms with E-state index in [2.05, 4.69) is 30.9 Å². The van der Waals surface area contributed by atoms with Crippen LogP contribution in [0.4, 0.5) is 26.2 Å². The Morgan fingerprint density at radius 2 is 1.92 bits per heavy atom. The molecule has 1 saturated heterocycles. The molecule has 2 aliphatic heterocycles. The van der Waals surface area contributed by atoms with Crippen LogP contribution in [0.3, 0.4) is 0 Å². The van der Waals surface area contributed by atoms with E-state index < -0.39 is 17.9 Å². The summed E-state index contributed by atoms with van der Waals surface area (Å²) < 4.78 is 22.3. The molecule has 198 valence electrons. The highest BCUT2D eigenvalue weighted by Gasteiger charge is 2.32. The Bertz CT molecular complexity index is 1560. The predicted octanol–water partition coefficient (Wildman–Crippen LogP) is 4.83. The first kappa shape index (κ1) is 24.4. The predicted molar refractivity (Wildman–Crippen MR) is 144 cm³/mol. The molecule has 1 fully saturated rings. The molecule has 11 heteroatoms. The Morgan fingerprint density at radius 1 is 1.10 bits per heavy atom. The van der Waals surface area contributed by atoms with Gasteiger partial charge in [-0.3, -0.25) is 14.5 Å². The van der Waals surface area contributed by atoms with E-state index in [1.165, 1.54) is 12.1 Å². The number of urea groups is 1. The number of amides is 3. The Balaban J connectivity index is 1.10. The number of halogens is 1. The van der Waals surface area contributed by atoms with Gasteiger partial charge in [0.15, 0.2) is 0 Å². The third kappa shape index (κ3) is 5.11. The largest absolute Gasteiger partial charge is 0.457 e. The summed E-state index contributed by atoms with van der Waals surface area (Å²) in [6.45, 7) is 1.97. The smallest absolute Gasteiger partial charge is 0.320 e. The standard InChI is InChI=1S/C28H26FN7O3/c1-35-16-17(15-31-35)24-14-20(8-9-30-24)39-19-5-7-23(22(29)13-19)33-28(38)34-26-21-6-4-18(36-10-2-3-11-36)12-25(21)32-27(26)37/h4-9,12-16,26H,2-3,10-11H2,1H3,(H,32,37)(H2,33,34,38). The number of pyridine rings is 1. The van der Waals surface area contributed by atoms with E-state index in [-0.39, 0.29) is 17.3 Å². The van der Waals surface area contributed by atoms with Crippen LogP contribution in [0.15, 0.2) is 67.1 Å². The van der Waals surface area contributed by atoms with Crippen LogP contribution in [0.25, 0.3) is 11.3 Å². The minimum Gasteiger partial charge on any atom is -0.457 e. The molecule has 0 spiro atoms. The van der Waals surface area contributed by atoms with Gasteiger partial charge >= 0.3 is 6.03 Å². The second-order valence-corrected chi connectivity index (χ2v) is 9.51. The fraction of sp³-hybridized carbons (Fsp3) is 0.214. The minimum absolute atomic E-state index is 0.0476. The van der Waals surface area contributed by atoms with Crippen LogP contribution in [0.2, 0.25) is 0 Å². The number of anilines is 3. The average Bonchev–Trinajstić information content (AvgIpc) is 3.67. The van der Waals surface area contributed by atoms with Gasteiger partial charge in [0.05, 0.1) is 17.6 Å². The van der Waals surface area contributed by atoms with Crippen molar-refractivity contribution < 1.29 is 18.7 Å².